The first kappa shape index (κ1) is 16.7. The molecule has 0 radical (unpaired) electrons. The molecule has 0 aliphatic heterocycles. The number of hydrogen-bond donors (Lipinski definition) is 1. The van der Waals surface area contributed by atoms with E-state index in [1.165, 1.54) is 0 Å². The molecule has 4 heteroatoms. The quantitative estimate of drug-likeness (QED) is 0.771. The Bertz CT molecular complexity index is 356. The second-order valence-electron chi connectivity index (χ2n) is 4.19. The van der Waals surface area contributed by atoms with Gasteiger partial charge in [-0.25, -0.2) is 4.39 Å². The molecule has 0 aromatic heterocycles. The molecule has 0 aliphatic carbocycles. The number of aryl methyl sites for hydroxylation is 1. The van der Waals surface area contributed by atoms with Gasteiger partial charge < -0.3 is 5.73 Å². The molecule has 0 saturated carbocycles. The third-order valence-corrected chi connectivity index (χ3v) is 3.14. The lowest BCUT2D eigenvalue weighted by molar-refractivity contribution is 0.535. The molecule has 0 bridgehead atoms. The van der Waals surface area contributed by atoms with Crippen LogP contribution >= 0.6 is 24.0 Å². The number of halogens is 3. The summed E-state index contributed by atoms with van der Waals surface area (Å²) in [6, 6.07) is 3.11. The molecule has 0 unspecified atom stereocenters. The third-order valence-electron chi connectivity index (χ3n) is 2.81. The summed E-state index contributed by atoms with van der Waals surface area (Å²) in [6.45, 7) is 3.86. The zero-order valence-electron chi connectivity index (χ0n) is 10.3. The topological polar surface area (TPSA) is 26.0 Å². The van der Waals surface area contributed by atoms with Crippen LogP contribution in [0.2, 0.25) is 5.02 Å². The van der Waals surface area contributed by atoms with Crippen LogP contribution in [0.4, 0.5) is 4.39 Å². The Morgan fingerprint density at radius 2 is 2.00 bits per heavy atom. The molecule has 0 fully saturated rings. The minimum absolute atomic E-state index is 0. The van der Waals surface area contributed by atoms with E-state index in [1.54, 1.807) is 19.1 Å². The molecule has 1 aromatic carbocycles. The van der Waals surface area contributed by atoms with E-state index in [2.05, 4.69) is 6.92 Å². The van der Waals surface area contributed by atoms with E-state index < -0.39 is 0 Å². The Morgan fingerprint density at radius 3 is 2.59 bits per heavy atom. The normalized spacial score (nSPS) is 12.1. The highest BCUT2D eigenvalue weighted by Gasteiger charge is 2.16. The summed E-state index contributed by atoms with van der Waals surface area (Å²) in [5, 5.41) is 0.437. The molecule has 0 aliphatic rings. The van der Waals surface area contributed by atoms with Crippen LogP contribution in [0.3, 0.4) is 0 Å². The standard InChI is InChI=1S/C13H19ClFN.ClH/c1-3-4-5-6-11(16)12-10(14)8-7-9(2)13(12)15;/h7-8,11H,3-6,16H2,1-2H3;1H/t11-;/m0./s1. The van der Waals surface area contributed by atoms with E-state index in [4.69, 9.17) is 17.3 Å². The van der Waals surface area contributed by atoms with Crippen LogP contribution in [0.5, 0.6) is 0 Å². The Hall–Kier alpha value is -0.310. The van der Waals surface area contributed by atoms with Crippen molar-refractivity contribution in [3.8, 4) is 0 Å². The van der Waals surface area contributed by atoms with Crippen molar-refractivity contribution in [2.24, 2.45) is 5.73 Å². The van der Waals surface area contributed by atoms with E-state index in [0.717, 1.165) is 25.7 Å². The fourth-order valence-corrected chi connectivity index (χ4v) is 2.06. The molecular weight excluding hydrogens is 260 g/mol. The van der Waals surface area contributed by atoms with Gasteiger partial charge in [0.2, 0.25) is 0 Å². The minimum atomic E-state index is -0.293. The summed E-state index contributed by atoms with van der Waals surface area (Å²) >= 11 is 5.99. The largest absolute Gasteiger partial charge is 0.324 e. The number of nitrogens with two attached hydrogens (primary N) is 1. The van der Waals surface area contributed by atoms with Crippen LogP contribution in [-0.4, -0.2) is 0 Å². The van der Waals surface area contributed by atoms with E-state index >= 15 is 0 Å². The maximum atomic E-state index is 13.9. The van der Waals surface area contributed by atoms with Crippen LogP contribution in [0.25, 0.3) is 0 Å². The highest BCUT2D eigenvalue weighted by Crippen LogP contribution is 2.29. The fraction of sp³-hybridized carbons (Fsp3) is 0.538. The molecule has 0 saturated heterocycles. The summed E-state index contributed by atoms with van der Waals surface area (Å²) in [4.78, 5) is 0. The number of benzene rings is 1. The first-order valence-corrected chi connectivity index (χ1v) is 6.15. The zero-order valence-corrected chi connectivity index (χ0v) is 11.9. The molecule has 0 amide bonds. The predicted octanol–water partition coefficient (Wildman–Crippen LogP) is 4.79. The van der Waals surface area contributed by atoms with Crippen molar-refractivity contribution in [3.05, 3.63) is 34.1 Å². The minimum Gasteiger partial charge on any atom is -0.324 e. The van der Waals surface area contributed by atoms with Gasteiger partial charge in [0.25, 0.3) is 0 Å². The van der Waals surface area contributed by atoms with Gasteiger partial charge in [0.1, 0.15) is 5.82 Å². The fourth-order valence-electron chi connectivity index (χ4n) is 1.78. The van der Waals surface area contributed by atoms with Crippen molar-refractivity contribution in [2.75, 3.05) is 0 Å². The van der Waals surface area contributed by atoms with Crippen molar-refractivity contribution in [3.63, 3.8) is 0 Å². The smallest absolute Gasteiger partial charge is 0.132 e. The molecule has 1 nitrogen and oxygen atoms in total. The second kappa shape index (κ2) is 7.91. The van der Waals surface area contributed by atoms with E-state index in [9.17, 15) is 4.39 Å². The van der Waals surface area contributed by atoms with Gasteiger partial charge in [0, 0.05) is 16.6 Å². The molecule has 0 heterocycles. The molecular formula is C13H20Cl2FN. The number of hydrogen-bond acceptors (Lipinski definition) is 1. The summed E-state index contributed by atoms with van der Waals surface area (Å²) in [6.07, 6.45) is 4.06. The van der Waals surface area contributed by atoms with Crippen LogP contribution in [0.15, 0.2) is 12.1 Å². The van der Waals surface area contributed by atoms with E-state index in [-0.39, 0.29) is 24.3 Å². The summed E-state index contributed by atoms with van der Waals surface area (Å²) in [5.41, 5.74) is 7.05. The van der Waals surface area contributed by atoms with Gasteiger partial charge in [0.15, 0.2) is 0 Å². The van der Waals surface area contributed by atoms with Crippen molar-refractivity contribution in [1.29, 1.82) is 0 Å². The van der Waals surface area contributed by atoms with Gasteiger partial charge in [-0.2, -0.15) is 0 Å². The van der Waals surface area contributed by atoms with Gasteiger partial charge in [-0.15, -0.1) is 12.4 Å². The van der Waals surface area contributed by atoms with Crippen LogP contribution in [-0.2, 0) is 0 Å². The lowest BCUT2D eigenvalue weighted by Crippen LogP contribution is -2.13. The zero-order chi connectivity index (χ0) is 12.1. The monoisotopic (exact) mass is 279 g/mol. The molecule has 1 atom stereocenters. The van der Waals surface area contributed by atoms with Gasteiger partial charge >= 0.3 is 0 Å². The SMILES string of the molecule is CCCCC[C@H](N)c1c(Cl)ccc(C)c1F.Cl. The molecule has 2 N–H and O–H groups in total. The molecule has 17 heavy (non-hydrogen) atoms. The Balaban J connectivity index is 0.00000256. The predicted molar refractivity (Wildman–Crippen MR) is 74.5 cm³/mol. The Morgan fingerprint density at radius 1 is 1.35 bits per heavy atom. The van der Waals surface area contributed by atoms with Gasteiger partial charge in [-0.3, -0.25) is 0 Å². The lowest BCUT2D eigenvalue weighted by Gasteiger charge is -2.15. The van der Waals surface area contributed by atoms with Crippen molar-refractivity contribution in [2.45, 2.75) is 45.6 Å². The van der Waals surface area contributed by atoms with E-state index in [0.29, 0.717) is 16.1 Å². The molecule has 1 aromatic rings. The molecule has 0 spiro atoms. The highest BCUT2D eigenvalue weighted by atomic mass is 35.5. The Labute approximate surface area is 114 Å². The van der Waals surface area contributed by atoms with Crippen molar-refractivity contribution >= 4 is 24.0 Å². The van der Waals surface area contributed by atoms with Gasteiger partial charge in [0.05, 0.1) is 0 Å². The van der Waals surface area contributed by atoms with Crippen LogP contribution in [0, 0.1) is 12.7 Å². The maximum Gasteiger partial charge on any atom is 0.132 e. The van der Waals surface area contributed by atoms with Crippen molar-refractivity contribution in [1.82, 2.24) is 0 Å². The first-order chi connectivity index (χ1) is 7.57. The highest BCUT2D eigenvalue weighted by molar-refractivity contribution is 6.31. The van der Waals surface area contributed by atoms with Crippen LogP contribution < -0.4 is 5.73 Å². The molecule has 1 rings (SSSR count). The van der Waals surface area contributed by atoms with Crippen molar-refractivity contribution < 1.29 is 4.39 Å². The second-order valence-corrected chi connectivity index (χ2v) is 4.60. The van der Waals surface area contributed by atoms with E-state index in [1.807, 2.05) is 0 Å². The Kier molecular flexibility index (Phi) is 7.77. The third kappa shape index (κ3) is 4.46. The van der Waals surface area contributed by atoms with Gasteiger partial charge in [-0.1, -0.05) is 43.9 Å². The maximum absolute atomic E-state index is 13.9. The average molecular weight is 280 g/mol. The first-order valence-electron chi connectivity index (χ1n) is 5.78. The lowest BCUT2D eigenvalue weighted by atomic mass is 9.99. The summed E-state index contributed by atoms with van der Waals surface area (Å²) in [7, 11) is 0. The number of unbranched alkanes of at least 4 members (excludes halogenated alkanes) is 2. The summed E-state index contributed by atoms with van der Waals surface area (Å²) in [5.74, 6) is -0.253. The van der Waals surface area contributed by atoms with Gasteiger partial charge in [-0.05, 0) is 25.0 Å². The number of rotatable bonds is 5. The summed E-state index contributed by atoms with van der Waals surface area (Å²) < 4.78 is 13.9. The van der Waals surface area contributed by atoms with Crippen LogP contribution in [0.1, 0.15) is 49.8 Å². The average Bonchev–Trinajstić information content (AvgIpc) is 2.24. The molecule has 98 valence electrons.